The molecule has 3 fully saturated rings. The number of rotatable bonds is 3. The van der Waals surface area contributed by atoms with Crippen molar-refractivity contribution in [1.29, 1.82) is 0 Å². The number of likely N-dealkylation sites (tertiary alicyclic amines) is 1. The Kier molecular flexibility index (Phi) is 3.80. The molecule has 2 unspecified atom stereocenters. The third kappa shape index (κ3) is 2.29. The maximum Gasteiger partial charge on any atom is 0.161 e. The standard InChI is InChI=1S/C19H27NO2S/c1-20-9-8-19(7-6-18(11-17(19)20)12-23-13-18)14-4-5-15(21-2)16(10-14)22-3/h4-5,10,17H,6-9,11-13H2,1-3H3. The fourth-order valence-corrected chi connectivity index (χ4v) is 6.35. The van der Waals surface area contributed by atoms with Crippen LogP contribution >= 0.6 is 11.8 Å². The molecular formula is C19H27NO2S. The van der Waals surface area contributed by atoms with Crippen molar-refractivity contribution in [3.05, 3.63) is 23.8 Å². The van der Waals surface area contributed by atoms with E-state index in [1.165, 1.54) is 49.3 Å². The number of nitrogens with zero attached hydrogens (tertiary/aromatic N) is 1. The molecule has 3 nitrogen and oxygen atoms in total. The Bertz CT molecular complexity index is 601. The summed E-state index contributed by atoms with van der Waals surface area (Å²) in [6, 6.07) is 7.27. The SMILES string of the molecule is COc1ccc(C23CCN(C)C2CC2(CC3)CSC2)cc1OC. The van der Waals surface area contributed by atoms with Crippen LogP contribution in [0.25, 0.3) is 0 Å². The van der Waals surface area contributed by atoms with Crippen LogP contribution in [-0.2, 0) is 5.41 Å². The number of likely N-dealkylation sites (N-methyl/N-ethyl adjacent to an activating group) is 1. The van der Waals surface area contributed by atoms with Gasteiger partial charge < -0.3 is 14.4 Å². The molecule has 1 spiro atoms. The van der Waals surface area contributed by atoms with Crippen LogP contribution in [0.15, 0.2) is 18.2 Å². The van der Waals surface area contributed by atoms with Crippen molar-refractivity contribution in [2.75, 3.05) is 39.3 Å². The Morgan fingerprint density at radius 2 is 1.87 bits per heavy atom. The predicted octanol–water partition coefficient (Wildman–Crippen LogP) is 3.56. The second kappa shape index (κ2) is 5.59. The number of benzene rings is 1. The van der Waals surface area contributed by atoms with Crippen molar-refractivity contribution in [3.8, 4) is 11.5 Å². The predicted molar refractivity (Wildman–Crippen MR) is 95.9 cm³/mol. The highest BCUT2D eigenvalue weighted by molar-refractivity contribution is 8.00. The van der Waals surface area contributed by atoms with Crippen LogP contribution in [0.4, 0.5) is 0 Å². The van der Waals surface area contributed by atoms with E-state index in [1.807, 2.05) is 0 Å². The van der Waals surface area contributed by atoms with Crippen LogP contribution in [0.2, 0.25) is 0 Å². The normalized spacial score (nSPS) is 32.4. The van der Waals surface area contributed by atoms with Gasteiger partial charge in [-0.2, -0.15) is 11.8 Å². The van der Waals surface area contributed by atoms with Gasteiger partial charge in [-0.15, -0.1) is 0 Å². The first-order valence-corrected chi connectivity index (χ1v) is 9.78. The average Bonchev–Trinajstić information content (AvgIpc) is 2.90. The molecule has 2 heterocycles. The van der Waals surface area contributed by atoms with Gasteiger partial charge in [0.15, 0.2) is 11.5 Å². The molecule has 1 aromatic carbocycles. The van der Waals surface area contributed by atoms with Gasteiger partial charge in [-0.3, -0.25) is 0 Å². The number of ether oxygens (including phenoxy) is 2. The zero-order valence-corrected chi connectivity index (χ0v) is 15.2. The smallest absolute Gasteiger partial charge is 0.161 e. The molecule has 0 amide bonds. The first-order valence-electron chi connectivity index (χ1n) is 8.63. The molecule has 1 aromatic rings. The lowest BCUT2D eigenvalue weighted by atomic mass is 9.59. The number of thioether (sulfide) groups is 1. The lowest BCUT2D eigenvalue weighted by Gasteiger charge is -2.54. The number of fused-ring (bicyclic) bond motifs is 1. The van der Waals surface area contributed by atoms with Gasteiger partial charge in [0.25, 0.3) is 0 Å². The summed E-state index contributed by atoms with van der Waals surface area (Å²) >= 11 is 2.13. The first kappa shape index (κ1) is 15.6. The van der Waals surface area contributed by atoms with Crippen LogP contribution in [0.3, 0.4) is 0 Å². The molecule has 23 heavy (non-hydrogen) atoms. The molecule has 1 saturated carbocycles. The van der Waals surface area contributed by atoms with E-state index in [-0.39, 0.29) is 0 Å². The molecule has 0 radical (unpaired) electrons. The third-order valence-corrected chi connectivity index (χ3v) is 8.22. The van der Waals surface area contributed by atoms with Gasteiger partial charge >= 0.3 is 0 Å². The van der Waals surface area contributed by atoms with Gasteiger partial charge in [0.2, 0.25) is 0 Å². The van der Waals surface area contributed by atoms with E-state index in [9.17, 15) is 0 Å². The average molecular weight is 333 g/mol. The molecule has 4 rings (SSSR count). The Morgan fingerprint density at radius 3 is 2.52 bits per heavy atom. The zero-order chi connectivity index (χ0) is 16.1. The van der Waals surface area contributed by atoms with Gasteiger partial charge in [0.05, 0.1) is 14.2 Å². The summed E-state index contributed by atoms with van der Waals surface area (Å²) in [6.07, 6.45) is 5.34. The molecule has 2 atom stereocenters. The highest BCUT2D eigenvalue weighted by Gasteiger charge is 2.56. The van der Waals surface area contributed by atoms with E-state index >= 15 is 0 Å². The second-order valence-electron chi connectivity index (χ2n) is 7.67. The second-order valence-corrected chi connectivity index (χ2v) is 8.65. The van der Waals surface area contributed by atoms with E-state index in [0.717, 1.165) is 11.5 Å². The summed E-state index contributed by atoms with van der Waals surface area (Å²) in [7, 11) is 5.76. The monoisotopic (exact) mass is 333 g/mol. The molecular weight excluding hydrogens is 306 g/mol. The van der Waals surface area contributed by atoms with Crippen LogP contribution in [-0.4, -0.2) is 50.3 Å². The maximum atomic E-state index is 5.57. The van der Waals surface area contributed by atoms with Crippen LogP contribution < -0.4 is 9.47 Å². The molecule has 4 heteroatoms. The zero-order valence-electron chi connectivity index (χ0n) is 14.4. The molecule has 0 bridgehead atoms. The lowest BCUT2D eigenvalue weighted by molar-refractivity contribution is 0.0926. The lowest BCUT2D eigenvalue weighted by Crippen LogP contribution is -2.53. The van der Waals surface area contributed by atoms with E-state index < -0.39 is 0 Å². The van der Waals surface area contributed by atoms with Crippen molar-refractivity contribution in [1.82, 2.24) is 4.90 Å². The van der Waals surface area contributed by atoms with E-state index in [4.69, 9.17) is 9.47 Å². The highest BCUT2D eigenvalue weighted by atomic mass is 32.2. The van der Waals surface area contributed by atoms with Crippen molar-refractivity contribution in [2.24, 2.45) is 5.41 Å². The quantitative estimate of drug-likeness (QED) is 0.843. The summed E-state index contributed by atoms with van der Waals surface area (Å²) < 4.78 is 11.0. The first-order chi connectivity index (χ1) is 11.1. The highest BCUT2D eigenvalue weighted by Crippen LogP contribution is 2.58. The largest absolute Gasteiger partial charge is 0.493 e. The molecule has 3 aliphatic rings. The minimum absolute atomic E-state index is 0.305. The Balaban J connectivity index is 1.71. The van der Waals surface area contributed by atoms with Crippen molar-refractivity contribution < 1.29 is 9.47 Å². The summed E-state index contributed by atoms with van der Waals surface area (Å²) in [5, 5.41) is 0. The number of methoxy groups -OCH3 is 2. The molecule has 0 aromatic heterocycles. The minimum Gasteiger partial charge on any atom is -0.493 e. The third-order valence-electron chi connectivity index (χ3n) is 6.58. The fraction of sp³-hybridized carbons (Fsp3) is 0.684. The maximum absolute atomic E-state index is 5.57. The van der Waals surface area contributed by atoms with Gasteiger partial charge in [0, 0.05) is 11.5 Å². The summed E-state index contributed by atoms with van der Waals surface area (Å²) in [6.45, 7) is 1.21. The van der Waals surface area contributed by atoms with Gasteiger partial charge in [0.1, 0.15) is 0 Å². The van der Waals surface area contributed by atoms with E-state index in [0.29, 0.717) is 16.9 Å². The molecule has 2 aliphatic heterocycles. The molecule has 126 valence electrons. The Hall–Kier alpha value is -0.870. The van der Waals surface area contributed by atoms with Gasteiger partial charge in [-0.1, -0.05) is 6.07 Å². The minimum atomic E-state index is 0.305. The number of hydrogen-bond acceptors (Lipinski definition) is 4. The topological polar surface area (TPSA) is 21.7 Å². The molecule has 1 aliphatic carbocycles. The van der Waals surface area contributed by atoms with Crippen LogP contribution in [0, 0.1) is 5.41 Å². The fourth-order valence-electron chi connectivity index (χ4n) is 5.04. The Labute approximate surface area is 143 Å². The summed E-state index contributed by atoms with van der Waals surface area (Å²) in [5.41, 5.74) is 2.39. The summed E-state index contributed by atoms with van der Waals surface area (Å²) in [5.74, 6) is 4.45. The summed E-state index contributed by atoms with van der Waals surface area (Å²) in [4.78, 5) is 2.61. The van der Waals surface area contributed by atoms with Crippen LogP contribution in [0.5, 0.6) is 11.5 Å². The van der Waals surface area contributed by atoms with E-state index in [1.54, 1.807) is 14.2 Å². The molecule has 2 saturated heterocycles. The van der Waals surface area contributed by atoms with Gasteiger partial charge in [-0.05, 0) is 73.9 Å². The van der Waals surface area contributed by atoms with Crippen LogP contribution in [0.1, 0.15) is 31.2 Å². The molecule has 0 N–H and O–H groups in total. The van der Waals surface area contributed by atoms with Crippen molar-refractivity contribution in [2.45, 2.75) is 37.1 Å². The van der Waals surface area contributed by atoms with E-state index in [2.05, 4.69) is 41.9 Å². The Morgan fingerprint density at radius 1 is 1.09 bits per heavy atom. The van der Waals surface area contributed by atoms with Crippen molar-refractivity contribution in [3.63, 3.8) is 0 Å². The van der Waals surface area contributed by atoms with Gasteiger partial charge in [-0.25, -0.2) is 0 Å². The van der Waals surface area contributed by atoms with Crippen molar-refractivity contribution >= 4 is 11.8 Å². The number of hydrogen-bond donors (Lipinski definition) is 0.